The van der Waals surface area contributed by atoms with Crippen molar-refractivity contribution in [3.05, 3.63) is 12.0 Å². The SMILES string of the molecule is CCCn1cc(S(=O)(=O)N2CC(C)(O)C2)nc1C. The summed E-state index contributed by atoms with van der Waals surface area (Å²) in [5, 5.41) is 9.68. The summed E-state index contributed by atoms with van der Waals surface area (Å²) in [6.45, 7) is 6.47. The Bertz CT molecular complexity index is 540. The molecule has 6 nitrogen and oxygen atoms in total. The molecule has 0 bridgehead atoms. The van der Waals surface area contributed by atoms with E-state index in [0.717, 1.165) is 13.0 Å². The highest BCUT2D eigenvalue weighted by Crippen LogP contribution is 2.27. The average molecular weight is 273 g/mol. The summed E-state index contributed by atoms with van der Waals surface area (Å²) in [4.78, 5) is 4.10. The van der Waals surface area contributed by atoms with Gasteiger partial charge in [0.2, 0.25) is 0 Å². The molecule has 0 spiro atoms. The van der Waals surface area contributed by atoms with Crippen molar-refractivity contribution in [2.75, 3.05) is 13.1 Å². The molecular formula is C11H19N3O3S. The first-order valence-electron chi connectivity index (χ1n) is 6.02. The molecule has 0 amide bonds. The van der Waals surface area contributed by atoms with Crippen molar-refractivity contribution >= 4 is 10.0 Å². The van der Waals surface area contributed by atoms with Crippen LogP contribution in [0.3, 0.4) is 0 Å². The standard InChI is InChI=1S/C11H19N3O3S/c1-4-5-13-6-10(12-9(13)2)18(16,17)14-7-11(3,15)8-14/h6,15H,4-5,7-8H2,1-3H3. The van der Waals surface area contributed by atoms with Gasteiger partial charge in [0.1, 0.15) is 5.82 Å². The topological polar surface area (TPSA) is 75.4 Å². The lowest BCUT2D eigenvalue weighted by Gasteiger charge is -2.42. The van der Waals surface area contributed by atoms with Crippen LogP contribution in [-0.4, -0.2) is 46.1 Å². The first-order chi connectivity index (χ1) is 8.26. The molecule has 0 radical (unpaired) electrons. The van der Waals surface area contributed by atoms with Crippen molar-refractivity contribution in [1.82, 2.24) is 13.9 Å². The number of imidazole rings is 1. The van der Waals surface area contributed by atoms with Crippen molar-refractivity contribution < 1.29 is 13.5 Å². The fourth-order valence-corrected chi connectivity index (χ4v) is 3.76. The molecule has 2 rings (SSSR count). The molecule has 1 saturated heterocycles. The molecule has 1 aliphatic rings. The van der Waals surface area contributed by atoms with Gasteiger partial charge < -0.3 is 9.67 Å². The lowest BCUT2D eigenvalue weighted by Crippen LogP contribution is -2.61. The van der Waals surface area contributed by atoms with Crippen LogP contribution in [0.1, 0.15) is 26.1 Å². The molecule has 0 saturated carbocycles. The molecule has 0 aliphatic carbocycles. The summed E-state index contributed by atoms with van der Waals surface area (Å²) >= 11 is 0. The number of sulfonamides is 1. The van der Waals surface area contributed by atoms with Gasteiger partial charge in [0, 0.05) is 25.8 Å². The molecule has 0 unspecified atom stereocenters. The third-order valence-electron chi connectivity index (χ3n) is 3.06. The van der Waals surface area contributed by atoms with E-state index >= 15 is 0 Å². The summed E-state index contributed by atoms with van der Waals surface area (Å²) in [5.74, 6) is 0.697. The van der Waals surface area contributed by atoms with E-state index in [2.05, 4.69) is 4.98 Å². The zero-order valence-electron chi connectivity index (χ0n) is 10.9. The highest BCUT2D eigenvalue weighted by molar-refractivity contribution is 7.89. The second-order valence-electron chi connectivity index (χ2n) is 5.09. The third kappa shape index (κ3) is 2.30. The van der Waals surface area contributed by atoms with Gasteiger partial charge in [-0.25, -0.2) is 13.4 Å². The molecule has 18 heavy (non-hydrogen) atoms. The van der Waals surface area contributed by atoms with E-state index in [-0.39, 0.29) is 18.1 Å². The molecule has 1 aromatic rings. The Morgan fingerprint density at radius 1 is 1.50 bits per heavy atom. The molecule has 0 aromatic carbocycles. The van der Waals surface area contributed by atoms with Crippen LogP contribution in [0.2, 0.25) is 0 Å². The minimum Gasteiger partial charge on any atom is -0.387 e. The maximum absolute atomic E-state index is 12.2. The highest BCUT2D eigenvalue weighted by Gasteiger charge is 2.44. The Morgan fingerprint density at radius 3 is 2.61 bits per heavy atom. The van der Waals surface area contributed by atoms with E-state index in [4.69, 9.17) is 0 Å². The minimum absolute atomic E-state index is 0.0731. The Morgan fingerprint density at radius 2 is 2.11 bits per heavy atom. The van der Waals surface area contributed by atoms with Crippen molar-refractivity contribution in [2.24, 2.45) is 0 Å². The predicted molar refractivity (Wildman–Crippen MR) is 66.6 cm³/mol. The van der Waals surface area contributed by atoms with Crippen LogP contribution in [-0.2, 0) is 16.6 Å². The summed E-state index contributed by atoms with van der Waals surface area (Å²) in [6.07, 6.45) is 2.50. The molecule has 1 aromatic heterocycles. The Balaban J connectivity index is 2.23. The lowest BCUT2D eigenvalue weighted by atomic mass is 10.0. The van der Waals surface area contributed by atoms with E-state index in [1.165, 1.54) is 4.31 Å². The molecule has 7 heteroatoms. The number of aromatic nitrogens is 2. The van der Waals surface area contributed by atoms with Gasteiger partial charge in [0.05, 0.1) is 5.60 Å². The smallest absolute Gasteiger partial charge is 0.262 e. The zero-order chi connectivity index (χ0) is 13.6. The van der Waals surface area contributed by atoms with Crippen molar-refractivity contribution in [3.63, 3.8) is 0 Å². The molecule has 0 atom stereocenters. The third-order valence-corrected chi connectivity index (χ3v) is 4.72. The lowest BCUT2D eigenvalue weighted by molar-refractivity contribution is -0.0427. The quantitative estimate of drug-likeness (QED) is 0.859. The Kier molecular flexibility index (Phi) is 3.25. The van der Waals surface area contributed by atoms with Gasteiger partial charge in [0.15, 0.2) is 5.03 Å². The Hall–Kier alpha value is -0.920. The van der Waals surface area contributed by atoms with Crippen LogP contribution in [0.4, 0.5) is 0 Å². The molecule has 1 aliphatic heterocycles. The number of aryl methyl sites for hydroxylation is 2. The first kappa shape index (κ1) is 13.5. The van der Waals surface area contributed by atoms with Gasteiger partial charge in [-0.15, -0.1) is 0 Å². The largest absolute Gasteiger partial charge is 0.387 e. The van der Waals surface area contributed by atoms with Gasteiger partial charge in [-0.2, -0.15) is 4.31 Å². The minimum atomic E-state index is -3.55. The van der Waals surface area contributed by atoms with E-state index in [1.807, 2.05) is 11.5 Å². The van der Waals surface area contributed by atoms with Crippen LogP contribution >= 0.6 is 0 Å². The number of aliphatic hydroxyl groups is 1. The van der Waals surface area contributed by atoms with E-state index in [0.29, 0.717) is 5.82 Å². The average Bonchev–Trinajstić information content (AvgIpc) is 2.58. The van der Waals surface area contributed by atoms with Gasteiger partial charge >= 0.3 is 0 Å². The van der Waals surface area contributed by atoms with E-state index in [9.17, 15) is 13.5 Å². The summed E-state index contributed by atoms with van der Waals surface area (Å²) in [6, 6.07) is 0. The van der Waals surface area contributed by atoms with E-state index < -0.39 is 15.6 Å². The first-order valence-corrected chi connectivity index (χ1v) is 7.46. The monoisotopic (exact) mass is 273 g/mol. The fourth-order valence-electron chi connectivity index (χ4n) is 2.09. The van der Waals surface area contributed by atoms with Gasteiger partial charge in [-0.1, -0.05) is 6.92 Å². The molecule has 1 N–H and O–H groups in total. The van der Waals surface area contributed by atoms with Crippen LogP contribution in [0.5, 0.6) is 0 Å². The zero-order valence-corrected chi connectivity index (χ0v) is 11.7. The number of nitrogens with zero attached hydrogens (tertiary/aromatic N) is 3. The summed E-state index contributed by atoms with van der Waals surface area (Å²) in [7, 11) is -3.55. The van der Waals surface area contributed by atoms with Crippen molar-refractivity contribution in [1.29, 1.82) is 0 Å². The van der Waals surface area contributed by atoms with Crippen molar-refractivity contribution in [2.45, 2.75) is 44.4 Å². The van der Waals surface area contributed by atoms with Crippen LogP contribution in [0.25, 0.3) is 0 Å². The van der Waals surface area contributed by atoms with Gasteiger partial charge in [0.25, 0.3) is 10.0 Å². The summed E-state index contributed by atoms with van der Waals surface area (Å²) < 4.78 is 27.5. The predicted octanol–water partition coefficient (Wildman–Crippen LogP) is 0.357. The normalized spacial score (nSPS) is 19.8. The fraction of sp³-hybridized carbons (Fsp3) is 0.727. The van der Waals surface area contributed by atoms with Crippen LogP contribution < -0.4 is 0 Å². The number of β-amino-alcohol motifs (C(OH)–C–C–N with tert-alkyl or cyclic N) is 1. The number of rotatable bonds is 4. The number of hydrogen-bond acceptors (Lipinski definition) is 4. The second-order valence-corrected chi connectivity index (χ2v) is 6.97. The highest BCUT2D eigenvalue weighted by atomic mass is 32.2. The van der Waals surface area contributed by atoms with E-state index in [1.54, 1.807) is 20.0 Å². The second kappa shape index (κ2) is 4.32. The van der Waals surface area contributed by atoms with Crippen LogP contribution in [0, 0.1) is 6.92 Å². The number of hydrogen-bond donors (Lipinski definition) is 1. The van der Waals surface area contributed by atoms with Gasteiger partial charge in [-0.3, -0.25) is 0 Å². The molecule has 102 valence electrons. The molecule has 2 heterocycles. The molecule has 1 fully saturated rings. The maximum atomic E-state index is 12.2. The summed E-state index contributed by atoms with van der Waals surface area (Å²) in [5.41, 5.74) is -0.909. The van der Waals surface area contributed by atoms with Crippen molar-refractivity contribution in [3.8, 4) is 0 Å². The van der Waals surface area contributed by atoms with Crippen LogP contribution in [0.15, 0.2) is 11.2 Å². The van der Waals surface area contributed by atoms with Gasteiger partial charge in [-0.05, 0) is 20.3 Å². The maximum Gasteiger partial charge on any atom is 0.262 e. The molecular weight excluding hydrogens is 254 g/mol. The Labute approximate surface area is 107 Å².